The molecule has 2 rings (SSSR count). The van der Waals surface area contributed by atoms with Gasteiger partial charge in [-0.3, -0.25) is 4.98 Å². The maximum atomic E-state index is 5.23. The summed E-state index contributed by atoms with van der Waals surface area (Å²) >= 11 is 2.27. The van der Waals surface area contributed by atoms with Gasteiger partial charge in [-0.15, -0.1) is 0 Å². The van der Waals surface area contributed by atoms with Crippen molar-refractivity contribution in [1.29, 1.82) is 0 Å². The summed E-state index contributed by atoms with van der Waals surface area (Å²) in [6.07, 6.45) is 3.46. The van der Waals surface area contributed by atoms with E-state index in [1.165, 1.54) is 0 Å². The summed E-state index contributed by atoms with van der Waals surface area (Å²) in [6, 6.07) is 5.86. The van der Waals surface area contributed by atoms with E-state index in [9.17, 15) is 0 Å². The summed E-state index contributed by atoms with van der Waals surface area (Å²) in [7, 11) is 1.68. The summed E-state index contributed by atoms with van der Waals surface area (Å²) < 4.78 is 6.26. The number of pyridine rings is 1. The largest absolute Gasteiger partial charge is 0.378 e. The minimum atomic E-state index is 0.483. The van der Waals surface area contributed by atoms with Gasteiger partial charge in [0, 0.05) is 25.5 Å². The van der Waals surface area contributed by atoms with Crippen LogP contribution in [-0.2, 0) is 17.8 Å². The van der Waals surface area contributed by atoms with E-state index >= 15 is 0 Å². The van der Waals surface area contributed by atoms with Crippen molar-refractivity contribution in [3.63, 3.8) is 0 Å². The van der Waals surface area contributed by atoms with Crippen LogP contribution in [0.25, 0.3) is 0 Å². The van der Waals surface area contributed by atoms with Crippen LogP contribution in [0, 0.1) is 3.57 Å². The molecule has 0 aliphatic rings. The average Bonchev–Trinajstić information content (AvgIpc) is 2.50. The Bertz CT molecular complexity index is 577. The van der Waals surface area contributed by atoms with Gasteiger partial charge in [-0.25, -0.2) is 9.97 Å². The number of halogens is 1. The molecule has 0 aromatic carbocycles. The first kappa shape index (κ1) is 16.1. The second-order valence-electron chi connectivity index (χ2n) is 4.61. The molecule has 0 atom stereocenters. The molecule has 0 spiro atoms. The summed E-state index contributed by atoms with van der Waals surface area (Å²) in [5.41, 5.74) is 1.88. The van der Waals surface area contributed by atoms with E-state index in [1.807, 2.05) is 18.2 Å². The lowest BCUT2D eigenvalue weighted by Gasteiger charge is -2.12. The zero-order valence-corrected chi connectivity index (χ0v) is 14.4. The van der Waals surface area contributed by atoms with E-state index < -0.39 is 0 Å². The van der Waals surface area contributed by atoms with Crippen LogP contribution < -0.4 is 5.32 Å². The maximum absolute atomic E-state index is 5.23. The zero-order chi connectivity index (χ0) is 15.1. The topological polar surface area (TPSA) is 59.9 Å². The van der Waals surface area contributed by atoms with Crippen molar-refractivity contribution in [3.05, 3.63) is 45.2 Å². The number of nitrogens with one attached hydrogen (secondary N) is 1. The first-order chi connectivity index (χ1) is 10.2. The standard InChI is InChI=1S/C15H19IN4O/c1-3-7-18-15-14(16)12(10-21-2)19-13(20-15)9-11-6-4-5-8-17-11/h4-6,8H,3,7,9-10H2,1-2H3,(H,18,19,20). The van der Waals surface area contributed by atoms with Crippen LogP contribution >= 0.6 is 22.6 Å². The molecule has 0 saturated carbocycles. The van der Waals surface area contributed by atoms with E-state index in [-0.39, 0.29) is 0 Å². The highest BCUT2D eigenvalue weighted by molar-refractivity contribution is 14.1. The predicted molar refractivity (Wildman–Crippen MR) is 91.3 cm³/mol. The van der Waals surface area contributed by atoms with Crippen molar-refractivity contribution in [2.75, 3.05) is 19.0 Å². The molecule has 0 saturated heterocycles. The van der Waals surface area contributed by atoms with Crippen LogP contribution in [-0.4, -0.2) is 28.6 Å². The lowest BCUT2D eigenvalue weighted by Crippen LogP contribution is -2.11. The molecule has 1 N–H and O–H groups in total. The number of methoxy groups -OCH3 is 1. The molecule has 0 aliphatic heterocycles. The number of aromatic nitrogens is 3. The highest BCUT2D eigenvalue weighted by Crippen LogP contribution is 2.21. The third kappa shape index (κ3) is 4.60. The quantitative estimate of drug-likeness (QED) is 0.727. The first-order valence-corrected chi connectivity index (χ1v) is 8.00. The maximum Gasteiger partial charge on any atom is 0.143 e. The van der Waals surface area contributed by atoms with Crippen LogP contribution in [0.5, 0.6) is 0 Å². The molecule has 5 nitrogen and oxygen atoms in total. The Kier molecular flexibility index (Phi) is 6.31. The third-order valence-corrected chi connectivity index (χ3v) is 3.99. The number of hydrogen-bond acceptors (Lipinski definition) is 5. The van der Waals surface area contributed by atoms with Crippen molar-refractivity contribution in [1.82, 2.24) is 15.0 Å². The highest BCUT2D eigenvalue weighted by atomic mass is 127. The molecule has 0 fully saturated rings. The average molecular weight is 398 g/mol. The van der Waals surface area contributed by atoms with Crippen LogP contribution in [0.1, 0.15) is 30.6 Å². The number of hydrogen-bond donors (Lipinski definition) is 1. The molecule has 0 amide bonds. The molecule has 21 heavy (non-hydrogen) atoms. The van der Waals surface area contributed by atoms with Gasteiger partial charge in [-0.2, -0.15) is 0 Å². The van der Waals surface area contributed by atoms with Crippen LogP contribution in [0.4, 0.5) is 5.82 Å². The Labute approximate surface area is 138 Å². The van der Waals surface area contributed by atoms with Gasteiger partial charge in [0.1, 0.15) is 11.6 Å². The second-order valence-corrected chi connectivity index (χ2v) is 5.69. The van der Waals surface area contributed by atoms with Gasteiger partial charge < -0.3 is 10.1 Å². The van der Waals surface area contributed by atoms with E-state index in [1.54, 1.807) is 13.3 Å². The van der Waals surface area contributed by atoms with Gasteiger partial charge >= 0.3 is 0 Å². The Hall–Kier alpha value is -1.28. The van der Waals surface area contributed by atoms with E-state index in [4.69, 9.17) is 4.74 Å². The van der Waals surface area contributed by atoms with Crippen molar-refractivity contribution in [2.45, 2.75) is 26.4 Å². The molecule has 2 heterocycles. The number of anilines is 1. The molecule has 2 aromatic rings. The molecule has 0 bridgehead atoms. The Morgan fingerprint density at radius 2 is 2.14 bits per heavy atom. The Morgan fingerprint density at radius 1 is 1.29 bits per heavy atom. The van der Waals surface area contributed by atoms with Gasteiger partial charge in [0.15, 0.2) is 0 Å². The van der Waals surface area contributed by atoms with Crippen molar-refractivity contribution in [2.24, 2.45) is 0 Å². The monoisotopic (exact) mass is 398 g/mol. The fourth-order valence-corrected chi connectivity index (χ4v) is 2.47. The van der Waals surface area contributed by atoms with E-state index in [0.29, 0.717) is 13.0 Å². The number of nitrogens with zero attached hydrogens (tertiary/aromatic N) is 3. The van der Waals surface area contributed by atoms with E-state index in [0.717, 1.165) is 39.6 Å². The first-order valence-electron chi connectivity index (χ1n) is 6.92. The van der Waals surface area contributed by atoms with Gasteiger partial charge in [0.05, 0.1) is 22.3 Å². The minimum Gasteiger partial charge on any atom is -0.378 e. The summed E-state index contributed by atoms with van der Waals surface area (Å²) in [4.78, 5) is 13.6. The molecule has 0 unspecified atom stereocenters. The predicted octanol–water partition coefficient (Wildman–Crippen LogP) is 3.04. The van der Waals surface area contributed by atoms with Crippen molar-refractivity contribution >= 4 is 28.4 Å². The SMILES string of the molecule is CCCNc1nc(Cc2ccccn2)nc(COC)c1I. The highest BCUT2D eigenvalue weighted by Gasteiger charge is 2.12. The lowest BCUT2D eigenvalue weighted by molar-refractivity contribution is 0.180. The molecular weight excluding hydrogens is 379 g/mol. The molecule has 0 aliphatic carbocycles. The smallest absolute Gasteiger partial charge is 0.143 e. The van der Waals surface area contributed by atoms with Gasteiger partial charge in [-0.1, -0.05) is 13.0 Å². The fraction of sp³-hybridized carbons (Fsp3) is 0.400. The zero-order valence-electron chi connectivity index (χ0n) is 12.3. The van der Waals surface area contributed by atoms with Crippen LogP contribution in [0.15, 0.2) is 24.4 Å². The van der Waals surface area contributed by atoms with Gasteiger partial charge in [-0.05, 0) is 41.1 Å². The normalized spacial score (nSPS) is 10.6. The molecular formula is C15H19IN4O. The Balaban J connectivity index is 2.29. The molecule has 0 radical (unpaired) electrons. The van der Waals surface area contributed by atoms with Crippen molar-refractivity contribution in [3.8, 4) is 0 Å². The minimum absolute atomic E-state index is 0.483. The molecule has 2 aromatic heterocycles. The molecule has 112 valence electrons. The van der Waals surface area contributed by atoms with E-state index in [2.05, 4.69) is 49.8 Å². The number of ether oxygens (including phenoxy) is 1. The van der Waals surface area contributed by atoms with Crippen molar-refractivity contribution < 1.29 is 4.74 Å². The summed E-state index contributed by atoms with van der Waals surface area (Å²) in [5.74, 6) is 1.64. The lowest BCUT2D eigenvalue weighted by atomic mass is 10.2. The molecule has 6 heteroatoms. The van der Waals surface area contributed by atoms with Gasteiger partial charge in [0.25, 0.3) is 0 Å². The third-order valence-electron chi connectivity index (χ3n) is 2.86. The van der Waals surface area contributed by atoms with Crippen LogP contribution in [0.2, 0.25) is 0 Å². The van der Waals surface area contributed by atoms with Crippen LogP contribution in [0.3, 0.4) is 0 Å². The Morgan fingerprint density at radius 3 is 2.81 bits per heavy atom. The fourth-order valence-electron chi connectivity index (χ4n) is 1.88. The second kappa shape index (κ2) is 8.23. The number of rotatable bonds is 7. The summed E-state index contributed by atoms with van der Waals surface area (Å²) in [5, 5.41) is 3.35. The summed E-state index contributed by atoms with van der Waals surface area (Å²) in [6.45, 7) is 3.51. The van der Waals surface area contributed by atoms with Gasteiger partial charge in [0.2, 0.25) is 0 Å².